The first-order chi connectivity index (χ1) is 13.2. The molecule has 3 heterocycles. The van der Waals surface area contributed by atoms with E-state index in [1.165, 1.54) is 0 Å². The van der Waals surface area contributed by atoms with Gasteiger partial charge in [-0.2, -0.15) is 9.61 Å². The Hall–Kier alpha value is -2.44. The van der Waals surface area contributed by atoms with E-state index in [9.17, 15) is 5.11 Å². The van der Waals surface area contributed by atoms with E-state index in [0.29, 0.717) is 0 Å². The maximum absolute atomic E-state index is 9.62. The molecular weight excluding hydrogens is 338 g/mol. The number of fused-ring (bicyclic) bond motifs is 1. The number of aromatic nitrogens is 3. The van der Waals surface area contributed by atoms with Gasteiger partial charge in [0.2, 0.25) is 0 Å². The lowest BCUT2D eigenvalue weighted by Gasteiger charge is -2.29. The third kappa shape index (κ3) is 4.28. The number of anilines is 1. The van der Waals surface area contributed by atoms with Crippen LogP contribution in [0.2, 0.25) is 0 Å². The number of hydrogen-bond acceptors (Lipinski definition) is 5. The Morgan fingerprint density at radius 2 is 1.93 bits per heavy atom. The smallest absolute Gasteiger partial charge is 0.158 e. The molecule has 0 saturated carbocycles. The van der Waals surface area contributed by atoms with Crippen molar-refractivity contribution in [3.63, 3.8) is 0 Å². The minimum atomic E-state index is -0.107. The van der Waals surface area contributed by atoms with Crippen molar-refractivity contribution < 1.29 is 5.11 Å². The monoisotopic (exact) mass is 365 g/mol. The van der Waals surface area contributed by atoms with E-state index in [2.05, 4.69) is 33.5 Å². The van der Waals surface area contributed by atoms with Crippen LogP contribution < -0.4 is 5.32 Å². The summed E-state index contributed by atoms with van der Waals surface area (Å²) in [5.41, 5.74) is 3.88. The molecule has 1 saturated heterocycles. The minimum absolute atomic E-state index is 0.107. The fourth-order valence-corrected chi connectivity index (χ4v) is 3.63. The van der Waals surface area contributed by atoms with Gasteiger partial charge in [-0.25, -0.2) is 4.98 Å². The molecule has 3 aromatic rings. The number of piperidine rings is 1. The first-order valence-electron chi connectivity index (χ1n) is 9.76. The average Bonchev–Trinajstić information content (AvgIpc) is 3.07. The highest BCUT2D eigenvalue weighted by Crippen LogP contribution is 2.22. The number of aryl methyl sites for hydroxylation is 1. The van der Waals surface area contributed by atoms with Gasteiger partial charge in [-0.05, 0) is 32.7 Å². The quantitative estimate of drug-likeness (QED) is 0.658. The van der Waals surface area contributed by atoms with Crippen LogP contribution in [0.25, 0.3) is 16.9 Å². The maximum Gasteiger partial charge on any atom is 0.158 e. The molecule has 2 N–H and O–H groups in total. The molecule has 0 atom stereocenters. The lowest BCUT2D eigenvalue weighted by molar-refractivity contribution is 0.0825. The van der Waals surface area contributed by atoms with Gasteiger partial charge in [0.15, 0.2) is 5.65 Å². The molecule has 6 heteroatoms. The van der Waals surface area contributed by atoms with E-state index in [1.54, 1.807) is 0 Å². The molecule has 142 valence electrons. The molecule has 1 aromatic carbocycles. The fraction of sp³-hybridized carbons (Fsp3) is 0.429. The highest BCUT2D eigenvalue weighted by molar-refractivity contribution is 5.66. The van der Waals surface area contributed by atoms with Crippen LogP contribution in [0.1, 0.15) is 25.0 Å². The van der Waals surface area contributed by atoms with Gasteiger partial charge < -0.3 is 15.3 Å². The van der Waals surface area contributed by atoms with Gasteiger partial charge in [-0.1, -0.05) is 30.3 Å². The molecule has 0 spiro atoms. The molecule has 1 fully saturated rings. The first-order valence-corrected chi connectivity index (χ1v) is 9.76. The highest BCUT2D eigenvalue weighted by atomic mass is 16.3. The van der Waals surface area contributed by atoms with Crippen molar-refractivity contribution in [2.75, 3.05) is 31.5 Å². The Morgan fingerprint density at radius 1 is 1.15 bits per heavy atom. The highest BCUT2D eigenvalue weighted by Gasteiger charge is 2.16. The van der Waals surface area contributed by atoms with Crippen LogP contribution in [0.15, 0.2) is 42.5 Å². The minimum Gasteiger partial charge on any atom is -0.393 e. The normalized spacial score (nSPS) is 16.1. The van der Waals surface area contributed by atoms with Crippen LogP contribution in [0.4, 0.5) is 5.82 Å². The Balaban J connectivity index is 1.45. The van der Waals surface area contributed by atoms with E-state index in [-0.39, 0.29) is 6.10 Å². The topological polar surface area (TPSA) is 65.7 Å². The molecule has 0 amide bonds. The number of hydrogen-bond donors (Lipinski definition) is 2. The summed E-state index contributed by atoms with van der Waals surface area (Å²) in [7, 11) is 0. The van der Waals surface area contributed by atoms with Gasteiger partial charge in [0.05, 0.1) is 17.5 Å². The molecule has 1 aliphatic rings. The van der Waals surface area contributed by atoms with Crippen LogP contribution in [0.5, 0.6) is 0 Å². The van der Waals surface area contributed by atoms with Crippen LogP contribution in [0.3, 0.4) is 0 Å². The predicted molar refractivity (Wildman–Crippen MR) is 108 cm³/mol. The standard InChI is InChI=1S/C21H27N5O/c1-16-14-21-23-19(17-6-3-2-4-7-17)15-20(26(21)24-16)22-10-5-11-25-12-8-18(27)9-13-25/h2-4,6-7,14-15,18,22,27H,5,8-13H2,1H3. The molecule has 4 rings (SSSR count). The molecule has 0 radical (unpaired) electrons. The van der Waals surface area contributed by atoms with Crippen LogP contribution in [0, 0.1) is 6.92 Å². The van der Waals surface area contributed by atoms with Crippen LogP contribution >= 0.6 is 0 Å². The molecular formula is C21H27N5O. The van der Waals surface area contributed by atoms with Crippen molar-refractivity contribution in [1.29, 1.82) is 0 Å². The third-order valence-electron chi connectivity index (χ3n) is 5.13. The third-order valence-corrected chi connectivity index (χ3v) is 5.13. The van der Waals surface area contributed by atoms with Crippen molar-refractivity contribution in [1.82, 2.24) is 19.5 Å². The summed E-state index contributed by atoms with van der Waals surface area (Å²) < 4.78 is 1.89. The first kappa shape index (κ1) is 17.9. The summed E-state index contributed by atoms with van der Waals surface area (Å²) >= 11 is 0. The summed E-state index contributed by atoms with van der Waals surface area (Å²) in [5.74, 6) is 0.973. The number of benzene rings is 1. The molecule has 1 aliphatic heterocycles. The molecule has 0 bridgehead atoms. The number of nitrogens with one attached hydrogen (secondary N) is 1. The summed E-state index contributed by atoms with van der Waals surface area (Å²) in [6.07, 6.45) is 2.74. The Labute approximate surface area is 159 Å². The molecule has 27 heavy (non-hydrogen) atoms. The van der Waals surface area contributed by atoms with E-state index in [0.717, 1.165) is 73.9 Å². The molecule has 2 aromatic heterocycles. The Morgan fingerprint density at radius 3 is 2.70 bits per heavy atom. The number of aliphatic hydroxyl groups excluding tert-OH is 1. The zero-order chi connectivity index (χ0) is 18.6. The number of nitrogens with zero attached hydrogens (tertiary/aromatic N) is 4. The summed E-state index contributed by atoms with van der Waals surface area (Å²) in [6.45, 7) is 5.92. The van der Waals surface area contributed by atoms with Gasteiger partial charge in [0.1, 0.15) is 5.82 Å². The van der Waals surface area contributed by atoms with Gasteiger partial charge >= 0.3 is 0 Å². The van der Waals surface area contributed by atoms with E-state index in [4.69, 9.17) is 4.98 Å². The van der Waals surface area contributed by atoms with Crippen molar-refractivity contribution >= 4 is 11.5 Å². The maximum atomic E-state index is 9.62. The number of rotatable bonds is 6. The van der Waals surface area contributed by atoms with Crippen molar-refractivity contribution in [3.8, 4) is 11.3 Å². The lowest BCUT2D eigenvalue weighted by atomic mass is 10.1. The molecule has 6 nitrogen and oxygen atoms in total. The van der Waals surface area contributed by atoms with Gasteiger partial charge in [0, 0.05) is 37.3 Å². The second-order valence-electron chi connectivity index (χ2n) is 7.30. The van der Waals surface area contributed by atoms with Gasteiger partial charge in [-0.3, -0.25) is 0 Å². The fourth-order valence-electron chi connectivity index (χ4n) is 3.63. The van der Waals surface area contributed by atoms with Gasteiger partial charge in [-0.15, -0.1) is 0 Å². The van der Waals surface area contributed by atoms with Crippen molar-refractivity contribution in [2.24, 2.45) is 0 Å². The average molecular weight is 365 g/mol. The number of likely N-dealkylation sites (tertiary alicyclic amines) is 1. The zero-order valence-electron chi connectivity index (χ0n) is 15.8. The molecule has 0 aliphatic carbocycles. The van der Waals surface area contributed by atoms with Crippen molar-refractivity contribution in [2.45, 2.75) is 32.3 Å². The largest absolute Gasteiger partial charge is 0.393 e. The zero-order valence-corrected chi connectivity index (χ0v) is 15.8. The summed E-state index contributed by atoms with van der Waals surface area (Å²) in [5, 5.41) is 17.7. The number of aliphatic hydroxyl groups is 1. The van der Waals surface area contributed by atoms with E-state index < -0.39 is 0 Å². The SMILES string of the molecule is Cc1cc2nc(-c3ccccc3)cc(NCCCN3CCC(O)CC3)n2n1. The van der Waals surface area contributed by atoms with E-state index >= 15 is 0 Å². The summed E-state index contributed by atoms with van der Waals surface area (Å²) in [4.78, 5) is 7.20. The lowest BCUT2D eigenvalue weighted by Crippen LogP contribution is -2.36. The van der Waals surface area contributed by atoms with Gasteiger partial charge in [0.25, 0.3) is 0 Å². The van der Waals surface area contributed by atoms with Crippen LogP contribution in [-0.4, -0.2) is 56.9 Å². The van der Waals surface area contributed by atoms with Crippen molar-refractivity contribution in [3.05, 3.63) is 48.2 Å². The predicted octanol–water partition coefficient (Wildman–Crippen LogP) is 2.96. The second kappa shape index (κ2) is 8.06. The Kier molecular flexibility index (Phi) is 5.36. The second-order valence-corrected chi connectivity index (χ2v) is 7.30. The summed E-state index contributed by atoms with van der Waals surface area (Å²) in [6, 6.07) is 14.3. The molecule has 0 unspecified atom stereocenters. The Bertz CT molecular complexity index is 884. The van der Waals surface area contributed by atoms with Crippen LogP contribution in [-0.2, 0) is 0 Å². The van der Waals surface area contributed by atoms with E-state index in [1.807, 2.05) is 35.7 Å².